The first-order valence-corrected chi connectivity index (χ1v) is 9.15. The van der Waals surface area contributed by atoms with Crippen LogP contribution >= 0.6 is 0 Å². The van der Waals surface area contributed by atoms with Gasteiger partial charge in [-0.05, 0) is 50.2 Å². The second-order valence-corrected chi connectivity index (χ2v) is 6.04. The largest absolute Gasteiger partial charge is 0.452 e. The molecule has 0 aliphatic heterocycles. The van der Waals surface area contributed by atoms with Crippen molar-refractivity contribution in [2.45, 2.75) is 13.8 Å². The average molecular weight is 397 g/mol. The van der Waals surface area contributed by atoms with E-state index in [2.05, 4.69) is 15.8 Å². The average Bonchev–Trinajstić information content (AvgIpc) is 2.77. The minimum atomic E-state index is -0.712. The molecule has 2 aromatic rings. The van der Waals surface area contributed by atoms with Crippen molar-refractivity contribution in [3.8, 4) is 0 Å². The van der Waals surface area contributed by atoms with Crippen LogP contribution in [-0.2, 0) is 9.53 Å². The molecule has 152 valence electrons. The number of rotatable bonds is 8. The zero-order chi connectivity index (χ0) is 21.2. The molecule has 0 spiro atoms. The van der Waals surface area contributed by atoms with Gasteiger partial charge in [0.15, 0.2) is 6.61 Å². The first kappa shape index (κ1) is 21.6. The smallest absolute Gasteiger partial charge is 0.338 e. The maximum absolute atomic E-state index is 12.1. The molecule has 2 amide bonds. The number of anilines is 1. The summed E-state index contributed by atoms with van der Waals surface area (Å²) in [6.07, 6.45) is 0.655. The van der Waals surface area contributed by atoms with Gasteiger partial charge in [-0.1, -0.05) is 12.1 Å². The van der Waals surface area contributed by atoms with E-state index < -0.39 is 24.4 Å². The van der Waals surface area contributed by atoms with Crippen LogP contribution in [0.2, 0.25) is 0 Å². The molecule has 2 aromatic carbocycles. The van der Waals surface area contributed by atoms with Crippen LogP contribution in [0.1, 0.15) is 44.9 Å². The van der Waals surface area contributed by atoms with E-state index in [1.165, 1.54) is 24.3 Å². The summed E-state index contributed by atoms with van der Waals surface area (Å²) in [6.45, 7) is 5.25. The number of hydrogen-bond acceptors (Lipinski definition) is 6. The molecule has 2 rings (SSSR count). The summed E-state index contributed by atoms with van der Waals surface area (Å²) in [7, 11) is 0. The van der Waals surface area contributed by atoms with E-state index in [0.717, 1.165) is 18.8 Å². The number of aldehydes is 1. The lowest BCUT2D eigenvalue weighted by atomic mass is 10.1. The Morgan fingerprint density at radius 3 is 2.03 bits per heavy atom. The highest BCUT2D eigenvalue weighted by Crippen LogP contribution is 2.14. The van der Waals surface area contributed by atoms with Gasteiger partial charge in [-0.15, -0.1) is 0 Å². The van der Waals surface area contributed by atoms with Crippen LogP contribution in [0.25, 0.3) is 0 Å². The lowest BCUT2D eigenvalue weighted by molar-refractivity contribution is -0.125. The van der Waals surface area contributed by atoms with Gasteiger partial charge in [-0.2, -0.15) is 0 Å². The molecular weight excluding hydrogens is 374 g/mol. The molecule has 0 aliphatic rings. The number of carbonyl (C=O) groups is 4. The Balaban J connectivity index is 1.79. The van der Waals surface area contributed by atoms with Crippen molar-refractivity contribution in [2.24, 2.45) is 0 Å². The zero-order valence-electron chi connectivity index (χ0n) is 16.3. The fourth-order valence-corrected chi connectivity index (χ4v) is 2.56. The van der Waals surface area contributed by atoms with Crippen molar-refractivity contribution < 1.29 is 23.9 Å². The third-order valence-electron chi connectivity index (χ3n) is 4.19. The molecular formula is C21H23N3O5. The minimum absolute atomic E-state index is 0.209. The molecule has 29 heavy (non-hydrogen) atoms. The molecule has 0 saturated carbocycles. The predicted octanol–water partition coefficient (Wildman–Crippen LogP) is 1.96. The Morgan fingerprint density at radius 2 is 1.48 bits per heavy atom. The van der Waals surface area contributed by atoms with E-state index in [0.29, 0.717) is 17.4 Å². The van der Waals surface area contributed by atoms with Gasteiger partial charge in [0.05, 0.1) is 5.56 Å². The van der Waals surface area contributed by atoms with Crippen LogP contribution in [0.15, 0.2) is 48.5 Å². The monoisotopic (exact) mass is 397 g/mol. The fourth-order valence-electron chi connectivity index (χ4n) is 2.56. The van der Waals surface area contributed by atoms with Crippen LogP contribution in [0.4, 0.5) is 5.69 Å². The molecule has 8 nitrogen and oxygen atoms in total. The number of hydrogen-bond donors (Lipinski definition) is 2. The number of ether oxygens (including phenoxy) is 1. The van der Waals surface area contributed by atoms with E-state index in [-0.39, 0.29) is 5.56 Å². The van der Waals surface area contributed by atoms with E-state index in [1.807, 2.05) is 26.0 Å². The van der Waals surface area contributed by atoms with Crippen LogP contribution in [0, 0.1) is 0 Å². The molecule has 0 radical (unpaired) electrons. The number of benzene rings is 2. The summed E-state index contributed by atoms with van der Waals surface area (Å²) in [5.74, 6) is -1.88. The van der Waals surface area contributed by atoms with Gasteiger partial charge in [0, 0.05) is 29.9 Å². The standard InChI is InChI=1S/C21H23N3O5/c1-3-24(4-2)18-11-9-16(10-12-18)20(27)23-22-19(26)14-29-21(28)17-7-5-15(13-25)6-8-17/h5-13H,3-4,14H2,1-2H3,(H,22,26)(H,23,27). The van der Waals surface area contributed by atoms with Crippen LogP contribution in [0.5, 0.6) is 0 Å². The van der Waals surface area contributed by atoms with Crippen molar-refractivity contribution >= 4 is 29.8 Å². The second kappa shape index (κ2) is 10.6. The highest BCUT2D eigenvalue weighted by molar-refractivity contribution is 5.96. The van der Waals surface area contributed by atoms with Gasteiger partial charge in [0.1, 0.15) is 6.29 Å². The summed E-state index contributed by atoms with van der Waals surface area (Å²) in [5, 5.41) is 0. The van der Waals surface area contributed by atoms with E-state index in [1.54, 1.807) is 12.1 Å². The molecule has 0 aliphatic carbocycles. The van der Waals surface area contributed by atoms with Crippen LogP contribution < -0.4 is 15.8 Å². The predicted molar refractivity (Wildman–Crippen MR) is 108 cm³/mol. The van der Waals surface area contributed by atoms with Gasteiger partial charge in [-0.25, -0.2) is 4.79 Å². The number of carbonyl (C=O) groups excluding carboxylic acids is 4. The number of nitrogens with zero attached hydrogens (tertiary/aromatic N) is 1. The minimum Gasteiger partial charge on any atom is -0.452 e. The van der Waals surface area contributed by atoms with Crippen molar-refractivity contribution in [2.75, 3.05) is 24.6 Å². The van der Waals surface area contributed by atoms with E-state index >= 15 is 0 Å². The number of esters is 1. The molecule has 2 N–H and O–H groups in total. The molecule has 0 saturated heterocycles. The summed E-state index contributed by atoms with van der Waals surface area (Å²) in [4.78, 5) is 48.5. The summed E-state index contributed by atoms with van der Waals surface area (Å²) >= 11 is 0. The normalized spacial score (nSPS) is 10.0. The van der Waals surface area contributed by atoms with Crippen LogP contribution in [-0.4, -0.2) is 43.8 Å². The van der Waals surface area contributed by atoms with Gasteiger partial charge < -0.3 is 9.64 Å². The van der Waals surface area contributed by atoms with E-state index in [4.69, 9.17) is 4.74 Å². The lowest BCUT2D eigenvalue weighted by Gasteiger charge is -2.21. The highest BCUT2D eigenvalue weighted by Gasteiger charge is 2.12. The Labute approximate surface area is 168 Å². The zero-order valence-corrected chi connectivity index (χ0v) is 16.3. The van der Waals surface area contributed by atoms with Gasteiger partial charge >= 0.3 is 5.97 Å². The fraction of sp³-hybridized carbons (Fsp3) is 0.238. The highest BCUT2D eigenvalue weighted by atomic mass is 16.5. The lowest BCUT2D eigenvalue weighted by Crippen LogP contribution is -2.43. The van der Waals surface area contributed by atoms with Gasteiger partial charge in [0.2, 0.25) is 0 Å². The van der Waals surface area contributed by atoms with Crippen molar-refractivity contribution in [1.82, 2.24) is 10.9 Å². The van der Waals surface area contributed by atoms with Crippen molar-refractivity contribution in [3.63, 3.8) is 0 Å². The third kappa shape index (κ3) is 6.17. The maximum Gasteiger partial charge on any atom is 0.338 e. The molecule has 0 heterocycles. The van der Waals surface area contributed by atoms with E-state index in [9.17, 15) is 19.2 Å². The first-order valence-electron chi connectivity index (χ1n) is 9.15. The van der Waals surface area contributed by atoms with Gasteiger partial charge in [0.25, 0.3) is 11.8 Å². The number of amides is 2. The Hall–Kier alpha value is -3.68. The van der Waals surface area contributed by atoms with Crippen molar-refractivity contribution in [1.29, 1.82) is 0 Å². The molecule has 0 unspecified atom stereocenters. The summed E-state index contributed by atoms with van der Waals surface area (Å²) in [5.41, 5.74) is 6.48. The Morgan fingerprint density at radius 1 is 0.897 bits per heavy atom. The Kier molecular flexibility index (Phi) is 7.90. The maximum atomic E-state index is 12.1. The molecule has 0 fully saturated rings. The SMILES string of the molecule is CCN(CC)c1ccc(C(=O)NNC(=O)COC(=O)c2ccc(C=O)cc2)cc1. The second-order valence-electron chi connectivity index (χ2n) is 6.04. The number of nitrogens with one attached hydrogen (secondary N) is 2. The van der Waals surface area contributed by atoms with Crippen molar-refractivity contribution in [3.05, 3.63) is 65.2 Å². The van der Waals surface area contributed by atoms with Gasteiger partial charge in [-0.3, -0.25) is 25.2 Å². The summed E-state index contributed by atoms with van der Waals surface area (Å²) in [6, 6.07) is 12.8. The molecule has 0 atom stereocenters. The summed E-state index contributed by atoms with van der Waals surface area (Å²) < 4.78 is 4.87. The molecule has 8 heteroatoms. The quantitative estimate of drug-likeness (QED) is 0.401. The van der Waals surface area contributed by atoms with Crippen LogP contribution in [0.3, 0.4) is 0 Å². The molecule has 0 bridgehead atoms. The molecule has 0 aromatic heterocycles. The third-order valence-corrected chi connectivity index (χ3v) is 4.19. The number of hydrazine groups is 1. The Bertz CT molecular complexity index is 859. The first-order chi connectivity index (χ1) is 14.0. The topological polar surface area (TPSA) is 105 Å².